The van der Waals surface area contributed by atoms with Gasteiger partial charge in [0.05, 0.1) is 0 Å². The molecule has 0 saturated heterocycles. The third-order valence-corrected chi connectivity index (χ3v) is 5.33. The van der Waals surface area contributed by atoms with Crippen LogP contribution in [0, 0.1) is 0 Å². The van der Waals surface area contributed by atoms with E-state index in [1.165, 1.54) is 51.4 Å². The number of carbonyl (C=O) groups is 2. The van der Waals surface area contributed by atoms with Crippen molar-refractivity contribution in [1.29, 1.82) is 0 Å². The van der Waals surface area contributed by atoms with Crippen molar-refractivity contribution < 1.29 is 19.4 Å². The van der Waals surface area contributed by atoms with Crippen LogP contribution in [0.3, 0.4) is 0 Å². The lowest BCUT2D eigenvalue weighted by Crippen LogP contribution is -2.18. The summed E-state index contributed by atoms with van der Waals surface area (Å²) in [6.07, 6.45) is 19.9. The molecule has 166 valence electrons. The molecule has 0 heterocycles. The molecule has 0 aliphatic heterocycles. The van der Waals surface area contributed by atoms with Crippen molar-refractivity contribution in [3.8, 4) is 0 Å². The number of hydrogen-bond acceptors (Lipinski definition) is 3. The van der Waals surface area contributed by atoms with E-state index in [1.807, 2.05) is 0 Å². The smallest absolute Gasteiger partial charge is 0.306 e. The summed E-state index contributed by atoms with van der Waals surface area (Å²) >= 11 is 0. The van der Waals surface area contributed by atoms with Gasteiger partial charge in [0, 0.05) is 12.8 Å². The largest absolute Gasteiger partial charge is 0.481 e. The molecular formula is C24H46O4. The topological polar surface area (TPSA) is 63.6 Å². The highest BCUT2D eigenvalue weighted by Crippen LogP contribution is 2.17. The third-order valence-electron chi connectivity index (χ3n) is 5.33. The fourth-order valence-corrected chi connectivity index (χ4v) is 3.53. The van der Waals surface area contributed by atoms with Gasteiger partial charge in [0.2, 0.25) is 0 Å². The molecule has 0 rings (SSSR count). The van der Waals surface area contributed by atoms with Gasteiger partial charge in [0.25, 0.3) is 0 Å². The number of unbranched alkanes of at least 4 members (excludes halogenated alkanes) is 12. The van der Waals surface area contributed by atoms with Gasteiger partial charge in [-0.2, -0.15) is 0 Å². The van der Waals surface area contributed by atoms with Crippen molar-refractivity contribution in [1.82, 2.24) is 0 Å². The van der Waals surface area contributed by atoms with E-state index in [0.29, 0.717) is 6.42 Å². The summed E-state index contributed by atoms with van der Waals surface area (Å²) in [5.74, 6) is -0.767. The molecule has 0 unspecified atom stereocenters. The standard InChI is InChI=1S/C24H46O4/c1-3-5-7-10-14-18-22(19-15-11-8-6-4-2)28-24(27)21-17-13-9-12-16-20-23(25)26/h22H,3-21H2,1-2H3,(H,25,26). The fourth-order valence-electron chi connectivity index (χ4n) is 3.53. The Balaban J connectivity index is 3.95. The maximum Gasteiger partial charge on any atom is 0.306 e. The maximum absolute atomic E-state index is 12.2. The second-order valence-corrected chi connectivity index (χ2v) is 8.18. The minimum Gasteiger partial charge on any atom is -0.481 e. The summed E-state index contributed by atoms with van der Waals surface area (Å²) in [5.41, 5.74) is 0. The lowest BCUT2D eigenvalue weighted by Gasteiger charge is -2.18. The van der Waals surface area contributed by atoms with E-state index in [4.69, 9.17) is 9.84 Å². The zero-order valence-electron chi connectivity index (χ0n) is 18.7. The van der Waals surface area contributed by atoms with Gasteiger partial charge < -0.3 is 9.84 Å². The molecule has 0 bridgehead atoms. The van der Waals surface area contributed by atoms with E-state index < -0.39 is 5.97 Å². The number of hydrogen-bond donors (Lipinski definition) is 1. The average molecular weight is 399 g/mol. The van der Waals surface area contributed by atoms with Gasteiger partial charge in [-0.1, -0.05) is 84.5 Å². The number of ether oxygens (including phenoxy) is 1. The summed E-state index contributed by atoms with van der Waals surface area (Å²) in [5, 5.41) is 8.62. The molecule has 28 heavy (non-hydrogen) atoms. The SMILES string of the molecule is CCCCCCCC(CCCCCCC)OC(=O)CCCCCCCC(=O)O. The van der Waals surface area contributed by atoms with Crippen LogP contribution in [0.25, 0.3) is 0 Å². The van der Waals surface area contributed by atoms with E-state index in [2.05, 4.69) is 13.8 Å². The number of carbonyl (C=O) groups excluding carboxylic acids is 1. The van der Waals surface area contributed by atoms with Gasteiger partial charge in [0.1, 0.15) is 6.10 Å². The van der Waals surface area contributed by atoms with Gasteiger partial charge in [0.15, 0.2) is 0 Å². The number of aliphatic carboxylic acids is 1. The molecule has 0 aromatic carbocycles. The molecule has 1 N–H and O–H groups in total. The minimum absolute atomic E-state index is 0.0438. The van der Waals surface area contributed by atoms with Crippen molar-refractivity contribution in [3.63, 3.8) is 0 Å². The Morgan fingerprint density at radius 2 is 1.07 bits per heavy atom. The first-order valence-corrected chi connectivity index (χ1v) is 12.0. The first kappa shape index (κ1) is 26.9. The normalized spacial score (nSPS) is 11.1. The Labute approximate surface area is 173 Å². The summed E-state index contributed by atoms with van der Waals surface area (Å²) in [4.78, 5) is 22.7. The summed E-state index contributed by atoms with van der Waals surface area (Å²) in [7, 11) is 0. The van der Waals surface area contributed by atoms with Crippen LogP contribution in [0.15, 0.2) is 0 Å². The second-order valence-electron chi connectivity index (χ2n) is 8.18. The van der Waals surface area contributed by atoms with Gasteiger partial charge in [-0.05, 0) is 38.5 Å². The van der Waals surface area contributed by atoms with Crippen LogP contribution in [0.1, 0.15) is 136 Å². The molecule has 0 radical (unpaired) electrons. The first-order valence-electron chi connectivity index (χ1n) is 12.0. The summed E-state index contributed by atoms with van der Waals surface area (Å²) in [6.45, 7) is 4.46. The number of esters is 1. The fraction of sp³-hybridized carbons (Fsp3) is 0.917. The number of carboxylic acid groups (broad SMARTS) is 1. The Kier molecular flexibility index (Phi) is 19.9. The van der Waals surface area contributed by atoms with Crippen LogP contribution in [0.2, 0.25) is 0 Å². The van der Waals surface area contributed by atoms with Crippen molar-refractivity contribution in [3.05, 3.63) is 0 Å². The Morgan fingerprint density at radius 1 is 0.643 bits per heavy atom. The third kappa shape index (κ3) is 19.7. The monoisotopic (exact) mass is 398 g/mol. The number of rotatable bonds is 21. The molecule has 0 aliphatic rings. The molecule has 0 aromatic heterocycles. The molecule has 0 atom stereocenters. The molecule has 4 nitrogen and oxygen atoms in total. The highest BCUT2D eigenvalue weighted by atomic mass is 16.5. The molecule has 0 aromatic rings. The van der Waals surface area contributed by atoms with Crippen LogP contribution < -0.4 is 0 Å². The molecule has 0 fully saturated rings. The van der Waals surface area contributed by atoms with E-state index in [-0.39, 0.29) is 18.5 Å². The first-order chi connectivity index (χ1) is 13.6. The molecule has 0 aliphatic carbocycles. The van der Waals surface area contributed by atoms with E-state index in [9.17, 15) is 9.59 Å². The van der Waals surface area contributed by atoms with Crippen molar-refractivity contribution in [2.24, 2.45) is 0 Å². The Bertz CT molecular complexity index is 354. The highest BCUT2D eigenvalue weighted by molar-refractivity contribution is 5.69. The van der Waals surface area contributed by atoms with Gasteiger partial charge in [-0.25, -0.2) is 0 Å². The van der Waals surface area contributed by atoms with Crippen LogP contribution in [0.5, 0.6) is 0 Å². The van der Waals surface area contributed by atoms with Crippen molar-refractivity contribution in [2.45, 2.75) is 142 Å². The molecule has 0 spiro atoms. The second kappa shape index (κ2) is 20.7. The van der Waals surface area contributed by atoms with Crippen LogP contribution in [-0.2, 0) is 14.3 Å². The van der Waals surface area contributed by atoms with Gasteiger partial charge in [-0.15, -0.1) is 0 Å². The Morgan fingerprint density at radius 3 is 1.57 bits per heavy atom. The van der Waals surface area contributed by atoms with Gasteiger partial charge >= 0.3 is 11.9 Å². The minimum atomic E-state index is -0.723. The zero-order valence-corrected chi connectivity index (χ0v) is 18.7. The van der Waals surface area contributed by atoms with E-state index in [1.54, 1.807) is 0 Å². The van der Waals surface area contributed by atoms with Gasteiger partial charge in [-0.3, -0.25) is 9.59 Å². The van der Waals surface area contributed by atoms with E-state index in [0.717, 1.165) is 57.8 Å². The van der Waals surface area contributed by atoms with Crippen molar-refractivity contribution >= 4 is 11.9 Å². The average Bonchev–Trinajstić information content (AvgIpc) is 2.66. The molecule has 4 heteroatoms. The predicted molar refractivity (Wildman–Crippen MR) is 117 cm³/mol. The van der Waals surface area contributed by atoms with Crippen molar-refractivity contribution in [2.75, 3.05) is 0 Å². The lowest BCUT2D eigenvalue weighted by atomic mass is 10.0. The van der Waals surface area contributed by atoms with E-state index >= 15 is 0 Å². The highest BCUT2D eigenvalue weighted by Gasteiger charge is 2.14. The summed E-state index contributed by atoms with van der Waals surface area (Å²) in [6, 6.07) is 0. The molecule has 0 saturated carbocycles. The quantitative estimate of drug-likeness (QED) is 0.161. The van der Waals surface area contributed by atoms with Crippen LogP contribution >= 0.6 is 0 Å². The van der Waals surface area contributed by atoms with Crippen LogP contribution in [-0.4, -0.2) is 23.1 Å². The lowest BCUT2D eigenvalue weighted by molar-refractivity contribution is -0.150. The molecular weight excluding hydrogens is 352 g/mol. The zero-order chi connectivity index (χ0) is 20.9. The number of carboxylic acids is 1. The predicted octanol–water partition coefficient (Wildman–Crippen LogP) is 7.43. The molecule has 0 amide bonds. The van der Waals surface area contributed by atoms with Crippen LogP contribution in [0.4, 0.5) is 0 Å². The maximum atomic E-state index is 12.2. The summed E-state index contributed by atoms with van der Waals surface area (Å²) < 4.78 is 5.81. The Hall–Kier alpha value is -1.06.